The number of carbonyl (C=O) groups excluding carboxylic acids is 1. The highest BCUT2D eigenvalue weighted by molar-refractivity contribution is 9.10. The second-order valence-corrected chi connectivity index (χ2v) is 3.76. The van der Waals surface area contributed by atoms with E-state index >= 15 is 0 Å². The third kappa shape index (κ3) is 2.66. The molecule has 5 heteroatoms. The van der Waals surface area contributed by atoms with E-state index in [1.54, 1.807) is 26.2 Å². The minimum atomic E-state index is -0.414. The Morgan fingerprint density at radius 2 is 1.88 bits per heavy atom. The second kappa shape index (κ2) is 5.75. The van der Waals surface area contributed by atoms with E-state index in [0.29, 0.717) is 28.1 Å². The molecule has 0 saturated carbocycles. The van der Waals surface area contributed by atoms with Gasteiger partial charge in [-0.2, -0.15) is 0 Å². The minimum Gasteiger partial charge on any atom is -0.496 e. The van der Waals surface area contributed by atoms with Gasteiger partial charge < -0.3 is 14.2 Å². The van der Waals surface area contributed by atoms with E-state index in [0.717, 1.165) is 0 Å². The van der Waals surface area contributed by atoms with Crippen LogP contribution in [0.25, 0.3) is 0 Å². The highest BCUT2D eigenvalue weighted by Gasteiger charge is 2.16. The van der Waals surface area contributed by atoms with Gasteiger partial charge in [-0.3, -0.25) is 0 Å². The summed E-state index contributed by atoms with van der Waals surface area (Å²) < 4.78 is 15.8. The third-order valence-corrected chi connectivity index (χ3v) is 2.59. The zero-order chi connectivity index (χ0) is 12.1. The standard InChI is InChI=1S/C11H13BrO4/c1-4-16-11(13)7-5-8(12)10(15-3)6-9(7)14-2/h5-6H,4H2,1-3H3. The fourth-order valence-corrected chi connectivity index (χ4v) is 1.73. The van der Waals surface area contributed by atoms with Gasteiger partial charge in [-0.15, -0.1) is 0 Å². The number of hydrogen-bond acceptors (Lipinski definition) is 4. The van der Waals surface area contributed by atoms with Crippen LogP contribution in [-0.2, 0) is 4.74 Å². The zero-order valence-corrected chi connectivity index (χ0v) is 11.0. The van der Waals surface area contributed by atoms with Crippen LogP contribution in [0.1, 0.15) is 17.3 Å². The first-order chi connectivity index (χ1) is 7.63. The number of halogens is 1. The molecule has 0 fully saturated rings. The number of methoxy groups -OCH3 is 2. The van der Waals surface area contributed by atoms with Crippen molar-refractivity contribution in [3.63, 3.8) is 0 Å². The molecule has 0 aromatic heterocycles. The van der Waals surface area contributed by atoms with E-state index < -0.39 is 5.97 Å². The lowest BCUT2D eigenvalue weighted by molar-refractivity contribution is 0.0522. The van der Waals surface area contributed by atoms with Gasteiger partial charge in [0.25, 0.3) is 0 Å². The van der Waals surface area contributed by atoms with Gasteiger partial charge in [0, 0.05) is 6.07 Å². The van der Waals surface area contributed by atoms with Crippen molar-refractivity contribution < 1.29 is 19.0 Å². The molecule has 0 spiro atoms. The topological polar surface area (TPSA) is 44.8 Å². The highest BCUT2D eigenvalue weighted by atomic mass is 79.9. The van der Waals surface area contributed by atoms with Crippen LogP contribution in [-0.4, -0.2) is 26.8 Å². The smallest absolute Gasteiger partial charge is 0.341 e. The van der Waals surface area contributed by atoms with Crippen molar-refractivity contribution in [1.82, 2.24) is 0 Å². The van der Waals surface area contributed by atoms with Gasteiger partial charge in [0.2, 0.25) is 0 Å². The third-order valence-electron chi connectivity index (χ3n) is 1.97. The van der Waals surface area contributed by atoms with Crippen molar-refractivity contribution in [3.05, 3.63) is 22.2 Å². The fourth-order valence-electron chi connectivity index (χ4n) is 1.23. The predicted octanol–water partition coefficient (Wildman–Crippen LogP) is 2.64. The van der Waals surface area contributed by atoms with Crippen molar-refractivity contribution >= 4 is 21.9 Å². The van der Waals surface area contributed by atoms with Crippen molar-refractivity contribution in [2.24, 2.45) is 0 Å². The molecule has 0 heterocycles. The van der Waals surface area contributed by atoms with Crippen LogP contribution < -0.4 is 9.47 Å². The summed E-state index contributed by atoms with van der Waals surface area (Å²) in [6.07, 6.45) is 0. The summed E-state index contributed by atoms with van der Waals surface area (Å²) in [6, 6.07) is 3.26. The molecule has 0 N–H and O–H groups in total. The first-order valence-electron chi connectivity index (χ1n) is 4.72. The van der Waals surface area contributed by atoms with Gasteiger partial charge in [-0.05, 0) is 28.9 Å². The highest BCUT2D eigenvalue weighted by Crippen LogP contribution is 2.33. The van der Waals surface area contributed by atoms with E-state index in [-0.39, 0.29) is 0 Å². The summed E-state index contributed by atoms with van der Waals surface area (Å²) in [6.45, 7) is 2.08. The average Bonchev–Trinajstić information content (AvgIpc) is 2.29. The maximum absolute atomic E-state index is 11.6. The summed E-state index contributed by atoms with van der Waals surface area (Å²) in [5.41, 5.74) is 0.372. The van der Waals surface area contributed by atoms with E-state index in [1.165, 1.54) is 7.11 Å². The van der Waals surface area contributed by atoms with Crippen LogP contribution in [0.15, 0.2) is 16.6 Å². The van der Waals surface area contributed by atoms with Gasteiger partial charge >= 0.3 is 5.97 Å². The maximum Gasteiger partial charge on any atom is 0.341 e. The number of benzene rings is 1. The largest absolute Gasteiger partial charge is 0.496 e. The maximum atomic E-state index is 11.6. The molecule has 1 aromatic rings. The van der Waals surface area contributed by atoms with E-state index in [2.05, 4.69) is 15.9 Å². The Morgan fingerprint density at radius 3 is 2.38 bits per heavy atom. The molecule has 0 aliphatic carbocycles. The van der Waals surface area contributed by atoms with Gasteiger partial charge in [0.15, 0.2) is 0 Å². The lowest BCUT2D eigenvalue weighted by Crippen LogP contribution is -2.07. The zero-order valence-electron chi connectivity index (χ0n) is 9.37. The molecule has 1 aromatic carbocycles. The van der Waals surface area contributed by atoms with Crippen molar-refractivity contribution in [2.75, 3.05) is 20.8 Å². The molecule has 4 nitrogen and oxygen atoms in total. The number of esters is 1. The quantitative estimate of drug-likeness (QED) is 0.799. The van der Waals surface area contributed by atoms with E-state index in [1.807, 2.05) is 0 Å². The summed E-state index contributed by atoms with van der Waals surface area (Å²) in [5.74, 6) is 0.617. The summed E-state index contributed by atoms with van der Waals surface area (Å²) >= 11 is 3.30. The molecule has 0 saturated heterocycles. The Labute approximate surface area is 103 Å². The monoisotopic (exact) mass is 288 g/mol. The minimum absolute atomic E-state index is 0.325. The predicted molar refractivity (Wildman–Crippen MR) is 63.2 cm³/mol. The average molecular weight is 289 g/mol. The molecule has 1 rings (SSSR count). The molecule has 16 heavy (non-hydrogen) atoms. The molecule has 0 amide bonds. The Morgan fingerprint density at radius 1 is 1.25 bits per heavy atom. The van der Waals surface area contributed by atoms with Crippen LogP contribution in [0.5, 0.6) is 11.5 Å². The van der Waals surface area contributed by atoms with Gasteiger partial charge in [0.1, 0.15) is 17.1 Å². The van der Waals surface area contributed by atoms with Gasteiger partial charge in [0.05, 0.1) is 25.3 Å². The Bertz CT molecular complexity index is 390. The van der Waals surface area contributed by atoms with Crippen molar-refractivity contribution in [3.8, 4) is 11.5 Å². The SMILES string of the molecule is CCOC(=O)c1cc(Br)c(OC)cc1OC. The Balaban J connectivity index is 3.17. The normalized spacial score (nSPS) is 9.75. The van der Waals surface area contributed by atoms with E-state index in [4.69, 9.17) is 14.2 Å². The Kier molecular flexibility index (Phi) is 4.61. The number of carbonyl (C=O) groups is 1. The van der Waals surface area contributed by atoms with Crippen molar-refractivity contribution in [2.45, 2.75) is 6.92 Å². The van der Waals surface area contributed by atoms with Gasteiger partial charge in [-0.25, -0.2) is 4.79 Å². The molecule has 0 bridgehead atoms. The molecular weight excluding hydrogens is 276 g/mol. The van der Waals surface area contributed by atoms with Crippen LogP contribution in [0.3, 0.4) is 0 Å². The number of ether oxygens (including phenoxy) is 3. The lowest BCUT2D eigenvalue weighted by atomic mass is 10.2. The molecule has 0 atom stereocenters. The molecule has 88 valence electrons. The number of hydrogen-bond donors (Lipinski definition) is 0. The number of rotatable bonds is 4. The molecule has 0 aliphatic heterocycles. The van der Waals surface area contributed by atoms with Crippen molar-refractivity contribution in [1.29, 1.82) is 0 Å². The fraction of sp³-hybridized carbons (Fsp3) is 0.364. The first kappa shape index (κ1) is 12.8. The molecular formula is C11H13BrO4. The van der Waals surface area contributed by atoms with Crippen LogP contribution in [0, 0.1) is 0 Å². The second-order valence-electron chi connectivity index (χ2n) is 2.91. The van der Waals surface area contributed by atoms with E-state index in [9.17, 15) is 4.79 Å². The lowest BCUT2D eigenvalue weighted by Gasteiger charge is -2.11. The van der Waals surface area contributed by atoms with Gasteiger partial charge in [-0.1, -0.05) is 0 Å². The molecule has 0 aliphatic rings. The Hall–Kier alpha value is -1.23. The van der Waals surface area contributed by atoms with Crippen LogP contribution >= 0.6 is 15.9 Å². The summed E-state index contributed by atoms with van der Waals surface area (Å²) in [4.78, 5) is 11.6. The first-order valence-corrected chi connectivity index (χ1v) is 5.52. The summed E-state index contributed by atoms with van der Waals surface area (Å²) in [5, 5.41) is 0. The molecule has 0 radical (unpaired) electrons. The molecule has 0 unspecified atom stereocenters. The summed E-state index contributed by atoms with van der Waals surface area (Å²) in [7, 11) is 3.04. The van der Waals surface area contributed by atoms with Crippen LogP contribution in [0.4, 0.5) is 0 Å². The van der Waals surface area contributed by atoms with Crippen LogP contribution in [0.2, 0.25) is 0 Å².